The highest BCUT2D eigenvalue weighted by atomic mass is 31.2. The Labute approximate surface area is 261 Å². The van der Waals surface area contributed by atoms with Gasteiger partial charge in [-0.25, -0.2) is 18.9 Å². The number of hydrogen-bond acceptors (Lipinski definition) is 9. The van der Waals surface area contributed by atoms with E-state index in [2.05, 4.69) is 5.32 Å². The summed E-state index contributed by atoms with van der Waals surface area (Å²) in [6, 6.07) is 32.1. The van der Waals surface area contributed by atoms with E-state index in [0.717, 1.165) is 16.7 Å². The van der Waals surface area contributed by atoms with Crippen LogP contribution in [0, 0.1) is 0 Å². The molecule has 0 aromatic heterocycles. The quantitative estimate of drug-likeness (QED) is 0.0867. The minimum atomic E-state index is -3.86. The molecule has 234 valence electrons. The molecule has 4 aromatic carbocycles. The van der Waals surface area contributed by atoms with Crippen molar-refractivity contribution >= 4 is 25.6 Å². The van der Waals surface area contributed by atoms with Gasteiger partial charge in [0.1, 0.15) is 31.6 Å². The van der Waals surface area contributed by atoms with Crippen molar-refractivity contribution in [1.29, 1.82) is 0 Å². The summed E-state index contributed by atoms with van der Waals surface area (Å²) in [5, 5.41) is 2.51. The summed E-state index contributed by atoms with van der Waals surface area (Å²) in [6.45, 7) is 0.0502. The lowest BCUT2D eigenvalue weighted by Crippen LogP contribution is -2.42. The number of hydrogen-bond donors (Lipinski definition) is 1. The fourth-order valence-corrected chi connectivity index (χ4v) is 5.45. The van der Waals surface area contributed by atoms with Gasteiger partial charge in [-0.3, -0.25) is 0 Å². The van der Waals surface area contributed by atoms with Crippen molar-refractivity contribution in [2.45, 2.75) is 32.3 Å². The second-order valence-corrected chi connectivity index (χ2v) is 12.1. The molecule has 1 N–H and O–H groups in total. The van der Waals surface area contributed by atoms with Crippen molar-refractivity contribution in [3.63, 3.8) is 0 Å². The van der Waals surface area contributed by atoms with E-state index in [-0.39, 0.29) is 43.7 Å². The topological polar surface area (TPSA) is 126 Å². The summed E-state index contributed by atoms with van der Waals surface area (Å²) in [5.41, 5.74) is 2.54. The molecule has 0 aliphatic rings. The second-order valence-electron chi connectivity index (χ2n) is 9.84. The monoisotopic (exact) mass is 631 g/mol. The van der Waals surface area contributed by atoms with Crippen LogP contribution in [0.1, 0.15) is 33.5 Å². The maximum absolute atomic E-state index is 13.6. The van der Waals surface area contributed by atoms with Crippen molar-refractivity contribution in [2.75, 3.05) is 13.3 Å². The van der Waals surface area contributed by atoms with E-state index in [9.17, 15) is 18.9 Å². The number of amides is 1. The molecule has 2 atom stereocenters. The summed E-state index contributed by atoms with van der Waals surface area (Å²) in [7, 11) is -2.65. The Morgan fingerprint density at radius 1 is 0.689 bits per heavy atom. The van der Waals surface area contributed by atoms with Crippen LogP contribution >= 0.6 is 7.60 Å². The summed E-state index contributed by atoms with van der Waals surface area (Å²) in [5.74, 6) is -1.23. The van der Waals surface area contributed by atoms with Crippen molar-refractivity contribution in [2.24, 2.45) is 0 Å². The van der Waals surface area contributed by atoms with Gasteiger partial charge in [-0.15, -0.1) is 0 Å². The van der Waals surface area contributed by atoms with E-state index in [0.29, 0.717) is 0 Å². The van der Waals surface area contributed by atoms with Crippen LogP contribution in [0.4, 0.5) is 4.79 Å². The first-order valence-corrected chi connectivity index (χ1v) is 15.9. The van der Waals surface area contributed by atoms with Crippen LogP contribution < -0.4 is 9.84 Å². The maximum Gasteiger partial charge on any atom is 0.408 e. The fourth-order valence-electron chi connectivity index (χ4n) is 4.09. The van der Waals surface area contributed by atoms with Gasteiger partial charge in [0.05, 0.1) is 11.7 Å². The van der Waals surface area contributed by atoms with E-state index in [1.165, 1.54) is 19.2 Å². The third kappa shape index (κ3) is 10.9. The second kappa shape index (κ2) is 16.8. The number of benzene rings is 4. The zero-order valence-electron chi connectivity index (χ0n) is 24.7. The normalized spacial score (nSPS) is 12.6. The van der Waals surface area contributed by atoms with Crippen LogP contribution in [0.3, 0.4) is 0 Å². The van der Waals surface area contributed by atoms with Gasteiger partial charge in [-0.1, -0.05) is 97.1 Å². The number of ether oxygens (including phenoxy) is 3. The first-order valence-electron chi connectivity index (χ1n) is 14.2. The van der Waals surface area contributed by atoms with E-state index in [1.807, 2.05) is 66.7 Å². The molecule has 0 spiro atoms. The molecule has 4 rings (SSSR count). The van der Waals surface area contributed by atoms with E-state index < -0.39 is 31.7 Å². The molecule has 0 aliphatic heterocycles. The molecule has 4 aromatic rings. The van der Waals surface area contributed by atoms with E-state index in [4.69, 9.17) is 23.3 Å². The predicted octanol–water partition coefficient (Wildman–Crippen LogP) is 6.69. The van der Waals surface area contributed by atoms with Crippen LogP contribution in [-0.2, 0) is 47.9 Å². The van der Waals surface area contributed by atoms with Crippen molar-refractivity contribution in [3.8, 4) is 5.75 Å². The molecule has 0 heterocycles. The highest BCUT2D eigenvalue weighted by molar-refractivity contribution is 7.54. The largest absolute Gasteiger partial charge is 0.459 e. The minimum absolute atomic E-state index is 0.0117. The molecule has 1 amide bonds. The van der Waals surface area contributed by atoms with Gasteiger partial charge in [0.25, 0.3) is 0 Å². The lowest BCUT2D eigenvalue weighted by Gasteiger charge is -2.21. The highest BCUT2D eigenvalue weighted by Crippen LogP contribution is 2.48. The average molecular weight is 632 g/mol. The Balaban J connectivity index is 1.39. The zero-order chi connectivity index (χ0) is 31.9. The van der Waals surface area contributed by atoms with Gasteiger partial charge in [0.15, 0.2) is 0 Å². The minimum Gasteiger partial charge on any atom is -0.459 e. The molecule has 45 heavy (non-hydrogen) atoms. The standard InChI is InChI=1S/C34H34NO9P/c1-40-45(39,44-30-19-11-18-29(22-30)32(36)41-23-26-12-5-2-6-13-26)21-20-31(33(37)42-24-27-14-7-3-8-15-27)35-34(38)43-25-28-16-9-4-10-17-28/h2-19,22,31H,20-21,23-25H2,1H3,(H,35,38). The maximum atomic E-state index is 13.6. The van der Waals surface area contributed by atoms with Gasteiger partial charge in [-0.2, -0.15) is 0 Å². The van der Waals surface area contributed by atoms with Gasteiger partial charge in [-0.05, 0) is 41.3 Å². The number of esters is 2. The van der Waals surface area contributed by atoms with Gasteiger partial charge >= 0.3 is 25.6 Å². The molecule has 11 heteroatoms. The van der Waals surface area contributed by atoms with Gasteiger partial charge in [0, 0.05) is 7.11 Å². The highest BCUT2D eigenvalue weighted by Gasteiger charge is 2.31. The van der Waals surface area contributed by atoms with Crippen LogP contribution in [-0.4, -0.2) is 37.3 Å². The number of carbonyl (C=O) groups excluding carboxylic acids is 3. The zero-order valence-corrected chi connectivity index (χ0v) is 25.6. The summed E-state index contributed by atoms with van der Waals surface area (Å²) < 4.78 is 40.6. The smallest absolute Gasteiger partial charge is 0.408 e. The molecule has 2 unspecified atom stereocenters. The molecule has 0 fully saturated rings. The number of alkyl carbamates (subject to hydrolysis) is 1. The molecule has 10 nitrogen and oxygen atoms in total. The SMILES string of the molecule is COP(=O)(CCC(NC(=O)OCc1ccccc1)C(=O)OCc1ccccc1)Oc1cccc(C(=O)OCc2ccccc2)c1. The molecule has 0 saturated carbocycles. The van der Waals surface area contributed by atoms with Crippen molar-refractivity contribution in [1.82, 2.24) is 5.32 Å². The van der Waals surface area contributed by atoms with Gasteiger partial charge in [0.2, 0.25) is 0 Å². The van der Waals surface area contributed by atoms with Crippen molar-refractivity contribution < 1.29 is 42.2 Å². The number of carbonyl (C=O) groups is 3. The molecule has 0 radical (unpaired) electrons. The lowest BCUT2D eigenvalue weighted by atomic mass is 10.2. The van der Waals surface area contributed by atoms with Crippen LogP contribution in [0.15, 0.2) is 115 Å². The van der Waals surface area contributed by atoms with E-state index in [1.54, 1.807) is 36.4 Å². The van der Waals surface area contributed by atoms with Crippen LogP contribution in [0.5, 0.6) is 5.75 Å². The number of rotatable bonds is 15. The summed E-state index contributed by atoms with van der Waals surface area (Å²) in [6.07, 6.45) is -1.27. The Hall–Kier alpha value is -4.92. The van der Waals surface area contributed by atoms with Crippen LogP contribution in [0.25, 0.3) is 0 Å². The van der Waals surface area contributed by atoms with E-state index >= 15 is 0 Å². The Bertz CT molecular complexity index is 1580. The third-order valence-corrected chi connectivity index (χ3v) is 8.36. The Morgan fingerprint density at radius 3 is 1.78 bits per heavy atom. The first-order chi connectivity index (χ1) is 21.8. The first kappa shape index (κ1) is 33.0. The van der Waals surface area contributed by atoms with Crippen molar-refractivity contribution in [3.05, 3.63) is 138 Å². The Kier molecular flexibility index (Phi) is 12.3. The fraction of sp³-hybridized carbons (Fsp3) is 0.206. The molecule has 0 bridgehead atoms. The van der Waals surface area contributed by atoms with Gasteiger partial charge < -0.3 is 28.6 Å². The number of nitrogens with one attached hydrogen (secondary N) is 1. The lowest BCUT2D eigenvalue weighted by molar-refractivity contribution is -0.147. The summed E-state index contributed by atoms with van der Waals surface area (Å²) >= 11 is 0. The predicted molar refractivity (Wildman–Crippen MR) is 167 cm³/mol. The average Bonchev–Trinajstić information content (AvgIpc) is 3.08. The molecule has 0 aliphatic carbocycles. The summed E-state index contributed by atoms with van der Waals surface area (Å²) in [4.78, 5) is 38.3. The van der Waals surface area contributed by atoms with Crippen LogP contribution in [0.2, 0.25) is 0 Å². The molecule has 0 saturated heterocycles. The Morgan fingerprint density at radius 2 is 1.22 bits per heavy atom. The molecular weight excluding hydrogens is 597 g/mol. The third-order valence-electron chi connectivity index (χ3n) is 6.51. The molecular formula is C34H34NO9P.